The molecule has 2 N–H and O–H groups in total. The van der Waals surface area contributed by atoms with E-state index in [-0.39, 0.29) is 23.9 Å². The molecule has 3 amide bonds. The van der Waals surface area contributed by atoms with Gasteiger partial charge in [-0.1, -0.05) is 6.07 Å². The monoisotopic (exact) mass is 389 g/mol. The number of hydrogen-bond donors (Lipinski definition) is 2. The van der Waals surface area contributed by atoms with E-state index in [0.29, 0.717) is 10.6 Å². The van der Waals surface area contributed by atoms with Gasteiger partial charge in [-0.3, -0.25) is 14.4 Å². The Kier molecular flexibility index (Phi) is 7.07. The number of likely N-dealkylation sites (N-methyl/N-ethyl adjacent to an activating group) is 1. The topological polar surface area (TPSA) is 105 Å². The highest BCUT2D eigenvalue weighted by Crippen LogP contribution is 2.14. The molecule has 0 bridgehead atoms. The largest absolute Gasteiger partial charge is 0.452 e. The maximum atomic E-state index is 12.0. The van der Waals surface area contributed by atoms with Crippen LogP contribution in [0.15, 0.2) is 41.8 Å². The fraction of sp³-hybridized carbons (Fsp3) is 0.222. The van der Waals surface area contributed by atoms with Gasteiger partial charge in [-0.05, 0) is 35.7 Å². The summed E-state index contributed by atoms with van der Waals surface area (Å²) >= 11 is 1.33. The predicted octanol–water partition coefficient (Wildman–Crippen LogP) is 1.36. The van der Waals surface area contributed by atoms with E-state index in [1.54, 1.807) is 43.7 Å². The zero-order valence-electron chi connectivity index (χ0n) is 14.9. The lowest BCUT2D eigenvalue weighted by Gasteiger charge is -2.11. The highest BCUT2D eigenvalue weighted by molar-refractivity contribution is 7.12. The van der Waals surface area contributed by atoms with E-state index < -0.39 is 18.5 Å². The first-order chi connectivity index (χ1) is 12.9. The predicted molar refractivity (Wildman–Crippen MR) is 101 cm³/mol. The summed E-state index contributed by atoms with van der Waals surface area (Å²) < 4.78 is 4.90. The minimum absolute atomic E-state index is 0.165. The molecule has 0 aliphatic rings. The lowest BCUT2D eigenvalue weighted by atomic mass is 10.2. The minimum atomic E-state index is -0.680. The van der Waals surface area contributed by atoms with Crippen LogP contribution < -0.4 is 10.6 Å². The molecule has 27 heavy (non-hydrogen) atoms. The van der Waals surface area contributed by atoms with Gasteiger partial charge in [0.2, 0.25) is 5.91 Å². The zero-order valence-corrected chi connectivity index (χ0v) is 15.7. The van der Waals surface area contributed by atoms with Gasteiger partial charge in [0.15, 0.2) is 6.61 Å². The molecule has 0 fully saturated rings. The Balaban J connectivity index is 1.80. The third-order valence-electron chi connectivity index (χ3n) is 3.39. The molecular weight excluding hydrogens is 370 g/mol. The lowest BCUT2D eigenvalue weighted by molar-refractivity contribution is -0.131. The van der Waals surface area contributed by atoms with Gasteiger partial charge >= 0.3 is 5.97 Å². The molecule has 1 heterocycles. The second-order valence-corrected chi connectivity index (χ2v) is 6.60. The van der Waals surface area contributed by atoms with Crippen LogP contribution in [0.3, 0.4) is 0 Å². The van der Waals surface area contributed by atoms with Crippen molar-refractivity contribution in [3.63, 3.8) is 0 Å². The highest BCUT2D eigenvalue weighted by Gasteiger charge is 2.12. The first-order valence-electron chi connectivity index (χ1n) is 7.95. The molecule has 1 aromatic heterocycles. The SMILES string of the molecule is CN(C)C(=O)CNC(=O)COC(=O)c1ccc(NC(=O)c2cccs2)cc1. The molecule has 1 aromatic carbocycles. The molecule has 8 nitrogen and oxygen atoms in total. The molecule has 0 saturated heterocycles. The van der Waals surface area contributed by atoms with Crippen LogP contribution in [0.1, 0.15) is 20.0 Å². The van der Waals surface area contributed by atoms with Crippen LogP contribution in [0.25, 0.3) is 0 Å². The molecule has 0 spiro atoms. The van der Waals surface area contributed by atoms with E-state index in [1.165, 1.54) is 28.4 Å². The van der Waals surface area contributed by atoms with Crippen LogP contribution in [0.4, 0.5) is 5.69 Å². The van der Waals surface area contributed by atoms with Gasteiger partial charge in [-0.2, -0.15) is 0 Å². The number of hydrogen-bond acceptors (Lipinski definition) is 6. The standard InChI is InChI=1S/C18H19N3O5S/c1-21(2)16(23)10-19-15(22)11-26-18(25)12-5-7-13(8-6-12)20-17(24)14-4-3-9-27-14/h3-9H,10-11H2,1-2H3,(H,19,22)(H,20,24). The van der Waals surface area contributed by atoms with Crippen molar-refractivity contribution in [1.29, 1.82) is 0 Å². The van der Waals surface area contributed by atoms with Crippen LogP contribution in [-0.2, 0) is 14.3 Å². The highest BCUT2D eigenvalue weighted by atomic mass is 32.1. The Labute approximate surface area is 160 Å². The fourth-order valence-electron chi connectivity index (χ4n) is 1.89. The molecule has 0 atom stereocenters. The first kappa shape index (κ1) is 20.1. The number of benzene rings is 1. The molecule has 9 heteroatoms. The van der Waals surface area contributed by atoms with Gasteiger partial charge in [0.1, 0.15) is 0 Å². The Hall–Kier alpha value is -3.20. The van der Waals surface area contributed by atoms with Gasteiger partial charge in [0.25, 0.3) is 11.8 Å². The number of carbonyl (C=O) groups is 4. The summed E-state index contributed by atoms with van der Waals surface area (Å²) in [7, 11) is 3.14. The summed E-state index contributed by atoms with van der Waals surface area (Å²) in [6, 6.07) is 9.60. The summed E-state index contributed by atoms with van der Waals surface area (Å²) in [5, 5.41) is 6.88. The quantitative estimate of drug-likeness (QED) is 0.696. The van der Waals surface area contributed by atoms with Crippen LogP contribution in [0.5, 0.6) is 0 Å². The van der Waals surface area contributed by atoms with Gasteiger partial charge in [-0.25, -0.2) is 4.79 Å². The maximum absolute atomic E-state index is 12.0. The fourth-order valence-corrected chi connectivity index (χ4v) is 2.51. The second-order valence-electron chi connectivity index (χ2n) is 5.65. The Bertz CT molecular complexity index is 816. The number of nitrogens with zero attached hydrogens (tertiary/aromatic N) is 1. The number of nitrogens with one attached hydrogen (secondary N) is 2. The molecule has 0 aliphatic carbocycles. The Morgan fingerprint density at radius 3 is 2.37 bits per heavy atom. The summed E-state index contributed by atoms with van der Waals surface area (Å²) in [5.74, 6) is -1.75. The number of ether oxygens (including phenoxy) is 1. The third kappa shape index (κ3) is 6.23. The molecule has 0 radical (unpaired) electrons. The molecule has 0 aliphatic heterocycles. The van der Waals surface area contributed by atoms with Gasteiger partial charge in [0.05, 0.1) is 17.0 Å². The lowest BCUT2D eigenvalue weighted by Crippen LogP contribution is -2.38. The van der Waals surface area contributed by atoms with Gasteiger partial charge in [0, 0.05) is 19.8 Å². The molecule has 0 unspecified atom stereocenters. The smallest absolute Gasteiger partial charge is 0.338 e. The van der Waals surface area contributed by atoms with Crippen molar-refractivity contribution >= 4 is 40.7 Å². The van der Waals surface area contributed by atoms with E-state index in [4.69, 9.17) is 4.74 Å². The molecule has 2 rings (SSSR count). The summed E-state index contributed by atoms with van der Waals surface area (Å²) in [5.41, 5.74) is 0.770. The van der Waals surface area contributed by atoms with Crippen molar-refractivity contribution in [2.75, 3.05) is 32.6 Å². The first-order valence-corrected chi connectivity index (χ1v) is 8.83. The van der Waals surface area contributed by atoms with E-state index >= 15 is 0 Å². The third-order valence-corrected chi connectivity index (χ3v) is 4.26. The number of anilines is 1. The summed E-state index contributed by atoms with van der Waals surface area (Å²) in [6.07, 6.45) is 0. The summed E-state index contributed by atoms with van der Waals surface area (Å²) in [6.45, 7) is -0.654. The normalized spacial score (nSPS) is 10.0. The van der Waals surface area contributed by atoms with Crippen molar-refractivity contribution in [3.05, 3.63) is 52.2 Å². The second kappa shape index (κ2) is 9.48. The minimum Gasteiger partial charge on any atom is -0.452 e. The van der Waals surface area contributed by atoms with E-state index in [1.807, 2.05) is 0 Å². The number of amides is 3. The maximum Gasteiger partial charge on any atom is 0.338 e. The van der Waals surface area contributed by atoms with Crippen LogP contribution in [0, 0.1) is 0 Å². The molecule has 142 valence electrons. The molecule has 2 aromatic rings. The van der Waals surface area contributed by atoms with E-state index in [0.717, 1.165) is 0 Å². The van der Waals surface area contributed by atoms with Crippen LogP contribution >= 0.6 is 11.3 Å². The number of carbonyl (C=O) groups excluding carboxylic acids is 4. The number of esters is 1. The zero-order chi connectivity index (χ0) is 19.8. The van der Waals surface area contributed by atoms with E-state index in [9.17, 15) is 19.2 Å². The summed E-state index contributed by atoms with van der Waals surface area (Å²) in [4.78, 5) is 48.8. The van der Waals surface area contributed by atoms with E-state index in [2.05, 4.69) is 10.6 Å². The van der Waals surface area contributed by atoms with Crippen LogP contribution in [0.2, 0.25) is 0 Å². The molecular formula is C18H19N3O5S. The van der Waals surface area contributed by atoms with Crippen molar-refractivity contribution in [2.45, 2.75) is 0 Å². The van der Waals surface area contributed by atoms with Crippen LogP contribution in [-0.4, -0.2) is 55.8 Å². The Morgan fingerprint density at radius 1 is 1.07 bits per heavy atom. The molecule has 0 saturated carbocycles. The van der Waals surface area contributed by atoms with Gasteiger partial charge < -0.3 is 20.3 Å². The van der Waals surface area contributed by atoms with Crippen molar-refractivity contribution < 1.29 is 23.9 Å². The number of rotatable bonds is 7. The van der Waals surface area contributed by atoms with Crippen molar-refractivity contribution in [1.82, 2.24) is 10.2 Å². The van der Waals surface area contributed by atoms with Gasteiger partial charge in [-0.15, -0.1) is 11.3 Å². The van der Waals surface area contributed by atoms with Crippen molar-refractivity contribution in [3.8, 4) is 0 Å². The number of thiophene rings is 1. The average molecular weight is 389 g/mol. The average Bonchev–Trinajstić information content (AvgIpc) is 3.19. The van der Waals surface area contributed by atoms with Crippen molar-refractivity contribution in [2.24, 2.45) is 0 Å². The Morgan fingerprint density at radius 2 is 1.78 bits per heavy atom.